The zero-order chi connectivity index (χ0) is 9.72. The number of amides is 2. The second kappa shape index (κ2) is 4.52. The number of primary amides is 1. The summed E-state index contributed by atoms with van der Waals surface area (Å²) in [5.74, 6) is -0.955. The minimum Gasteiger partial charge on any atom is -0.391 e. The van der Waals surface area contributed by atoms with Crippen LogP contribution in [0.15, 0.2) is 0 Å². The summed E-state index contributed by atoms with van der Waals surface area (Å²) in [7, 11) is 0. The van der Waals surface area contributed by atoms with Gasteiger partial charge in [-0.15, -0.1) is 0 Å². The number of carbonyl (C=O) groups is 2. The van der Waals surface area contributed by atoms with Crippen LogP contribution in [0.5, 0.6) is 0 Å². The number of nitrogens with one attached hydrogen (secondary N) is 1. The second-order valence-corrected chi connectivity index (χ2v) is 2.15. The Morgan fingerprint density at radius 1 is 1.58 bits per heavy atom. The first-order valence-electron chi connectivity index (χ1n) is 3.15. The predicted molar refractivity (Wildman–Crippen MR) is 38.5 cm³/mol. The highest BCUT2D eigenvalue weighted by Gasteiger charge is 2.20. The second-order valence-electron chi connectivity index (χ2n) is 2.15. The van der Waals surface area contributed by atoms with Gasteiger partial charge in [0.25, 0.3) is 0 Å². The largest absolute Gasteiger partial charge is 0.391 e. The minimum absolute atomic E-state index is 0.955. The maximum atomic E-state index is 10.7. The molecule has 0 unspecified atom stereocenters. The van der Waals surface area contributed by atoms with Crippen molar-refractivity contribution in [3.05, 3.63) is 0 Å². The van der Waals surface area contributed by atoms with Gasteiger partial charge in [-0.3, -0.25) is 0 Å². The van der Waals surface area contributed by atoms with Crippen molar-refractivity contribution in [2.24, 2.45) is 11.5 Å². The molecule has 0 saturated carbocycles. The Morgan fingerprint density at radius 3 is 2.42 bits per heavy atom. The molecule has 7 heteroatoms. The summed E-state index contributed by atoms with van der Waals surface area (Å²) in [6.45, 7) is 1.32. The molecule has 0 rings (SSSR count). The van der Waals surface area contributed by atoms with Gasteiger partial charge in [-0.05, 0) is 6.92 Å². The smallest absolute Gasteiger partial charge is 0.351 e. The van der Waals surface area contributed by atoms with Gasteiger partial charge in [-0.2, -0.15) is 5.48 Å². The molecule has 0 spiro atoms. The van der Waals surface area contributed by atoms with E-state index in [1.54, 1.807) is 5.48 Å². The fraction of sp³-hybridized carbons (Fsp3) is 0.600. The molecular formula is C5H11N3O4. The van der Waals surface area contributed by atoms with E-state index in [4.69, 9.17) is 10.8 Å². The Morgan fingerprint density at radius 2 is 2.08 bits per heavy atom. The van der Waals surface area contributed by atoms with E-state index < -0.39 is 24.1 Å². The van der Waals surface area contributed by atoms with E-state index in [2.05, 4.69) is 10.6 Å². The monoisotopic (exact) mass is 177 g/mol. The summed E-state index contributed by atoms with van der Waals surface area (Å²) in [5.41, 5.74) is 11.3. The van der Waals surface area contributed by atoms with Gasteiger partial charge in [0.1, 0.15) is 6.04 Å². The fourth-order valence-corrected chi connectivity index (χ4v) is 0.366. The minimum atomic E-state index is -1.20. The molecule has 12 heavy (non-hydrogen) atoms. The summed E-state index contributed by atoms with van der Waals surface area (Å²) in [6, 6.07) is -2.21. The van der Waals surface area contributed by atoms with Gasteiger partial charge < -0.3 is 21.4 Å². The van der Waals surface area contributed by atoms with Crippen LogP contribution in [0.3, 0.4) is 0 Å². The Bertz CT molecular complexity index is 182. The lowest BCUT2D eigenvalue weighted by atomic mass is 10.2. The maximum absolute atomic E-state index is 10.7. The average molecular weight is 177 g/mol. The van der Waals surface area contributed by atoms with Crippen LogP contribution < -0.4 is 16.9 Å². The molecule has 0 heterocycles. The van der Waals surface area contributed by atoms with Gasteiger partial charge in [0, 0.05) is 0 Å². The van der Waals surface area contributed by atoms with Crippen LogP contribution in [0.4, 0.5) is 4.79 Å². The van der Waals surface area contributed by atoms with Crippen molar-refractivity contribution < 1.29 is 19.5 Å². The Balaban J connectivity index is 3.80. The summed E-state index contributed by atoms with van der Waals surface area (Å²) < 4.78 is 0. The first kappa shape index (κ1) is 10.7. The van der Waals surface area contributed by atoms with Gasteiger partial charge in [-0.25, -0.2) is 9.59 Å². The van der Waals surface area contributed by atoms with E-state index >= 15 is 0 Å². The lowest BCUT2D eigenvalue weighted by molar-refractivity contribution is -0.152. The van der Waals surface area contributed by atoms with Crippen molar-refractivity contribution in [2.45, 2.75) is 19.1 Å². The van der Waals surface area contributed by atoms with Crippen molar-refractivity contribution in [3.63, 3.8) is 0 Å². The summed E-state index contributed by atoms with van der Waals surface area (Å²) in [5, 5.41) is 8.79. The quantitative estimate of drug-likeness (QED) is 0.356. The van der Waals surface area contributed by atoms with Crippen LogP contribution >= 0.6 is 0 Å². The van der Waals surface area contributed by atoms with Crippen LogP contribution in [0.25, 0.3) is 0 Å². The average Bonchev–Trinajstić information content (AvgIpc) is 1.98. The molecule has 70 valence electrons. The Labute approximate surface area is 68.6 Å². The van der Waals surface area contributed by atoms with E-state index in [0.29, 0.717) is 0 Å². The molecule has 0 aliphatic rings. The number of nitrogens with two attached hydrogens (primary N) is 2. The van der Waals surface area contributed by atoms with Gasteiger partial charge >= 0.3 is 12.0 Å². The number of urea groups is 1. The highest BCUT2D eigenvalue weighted by Crippen LogP contribution is 1.90. The molecule has 0 aliphatic carbocycles. The SMILES string of the molecule is C[C@@H](O)[C@H](N)C(=O)ONC(N)=O. The molecule has 0 saturated heterocycles. The molecule has 6 N–H and O–H groups in total. The number of hydrogen-bond donors (Lipinski definition) is 4. The third kappa shape index (κ3) is 3.74. The maximum Gasteiger partial charge on any atom is 0.351 e. The number of carbonyl (C=O) groups excluding carboxylic acids is 2. The predicted octanol–water partition coefficient (Wildman–Crippen LogP) is -2.18. The normalized spacial score (nSPS) is 14.6. The number of hydrogen-bond acceptors (Lipinski definition) is 5. The molecule has 0 aliphatic heterocycles. The van der Waals surface area contributed by atoms with Crippen molar-refractivity contribution in [1.29, 1.82) is 0 Å². The van der Waals surface area contributed by atoms with Crippen molar-refractivity contribution in [3.8, 4) is 0 Å². The van der Waals surface area contributed by atoms with Gasteiger partial charge in [0.05, 0.1) is 6.10 Å². The number of hydroxylamine groups is 1. The zero-order valence-electron chi connectivity index (χ0n) is 6.48. The lowest BCUT2D eigenvalue weighted by Gasteiger charge is -2.12. The van der Waals surface area contributed by atoms with Gasteiger partial charge in [-0.1, -0.05) is 0 Å². The van der Waals surface area contributed by atoms with E-state index in [1.807, 2.05) is 0 Å². The first-order chi connectivity index (χ1) is 5.45. The Hall–Kier alpha value is -1.34. The van der Waals surface area contributed by atoms with Crippen molar-refractivity contribution in [1.82, 2.24) is 5.48 Å². The molecule has 0 aromatic heterocycles. The summed E-state index contributed by atoms with van der Waals surface area (Å²) >= 11 is 0. The molecule has 2 atom stereocenters. The number of aliphatic hydroxyl groups is 1. The van der Waals surface area contributed by atoms with Gasteiger partial charge in [0.2, 0.25) is 0 Å². The van der Waals surface area contributed by atoms with Crippen LogP contribution in [0, 0.1) is 0 Å². The van der Waals surface area contributed by atoms with Gasteiger partial charge in [0.15, 0.2) is 0 Å². The third-order valence-electron chi connectivity index (χ3n) is 1.04. The zero-order valence-corrected chi connectivity index (χ0v) is 6.48. The standard InChI is InChI=1S/C5H11N3O4/c1-2(9)3(6)4(10)12-8-5(7)11/h2-3,9H,6H2,1H3,(H3,7,8,11)/t2-,3+/m1/s1. The topological polar surface area (TPSA) is 128 Å². The molecule has 2 amide bonds. The van der Waals surface area contributed by atoms with Crippen molar-refractivity contribution >= 4 is 12.0 Å². The molecule has 0 aromatic rings. The molecule has 0 radical (unpaired) electrons. The molecule has 0 fully saturated rings. The molecule has 0 bridgehead atoms. The lowest BCUT2D eigenvalue weighted by Crippen LogP contribution is -2.45. The van der Waals surface area contributed by atoms with Crippen molar-refractivity contribution in [2.75, 3.05) is 0 Å². The Kier molecular flexibility index (Phi) is 4.02. The van der Waals surface area contributed by atoms with Crippen LogP contribution in [0.1, 0.15) is 6.92 Å². The fourth-order valence-electron chi connectivity index (χ4n) is 0.366. The summed E-state index contributed by atoms with van der Waals surface area (Å²) in [6.07, 6.45) is -1.05. The highest BCUT2D eigenvalue weighted by molar-refractivity contribution is 5.78. The van der Waals surface area contributed by atoms with E-state index in [1.165, 1.54) is 6.92 Å². The van der Waals surface area contributed by atoms with E-state index in [0.717, 1.165) is 0 Å². The first-order valence-corrected chi connectivity index (χ1v) is 3.15. The third-order valence-corrected chi connectivity index (χ3v) is 1.04. The van der Waals surface area contributed by atoms with Crippen LogP contribution in [-0.2, 0) is 9.63 Å². The molecular weight excluding hydrogens is 166 g/mol. The molecule has 0 aromatic carbocycles. The van der Waals surface area contributed by atoms with Crippen LogP contribution in [0.2, 0.25) is 0 Å². The highest BCUT2D eigenvalue weighted by atomic mass is 16.7. The molecule has 7 nitrogen and oxygen atoms in total. The van der Waals surface area contributed by atoms with E-state index in [9.17, 15) is 9.59 Å². The number of aliphatic hydroxyl groups excluding tert-OH is 1. The van der Waals surface area contributed by atoms with Crippen LogP contribution in [-0.4, -0.2) is 29.3 Å². The van der Waals surface area contributed by atoms with E-state index in [-0.39, 0.29) is 0 Å². The summed E-state index contributed by atoms with van der Waals surface area (Å²) in [4.78, 5) is 24.8. The number of rotatable bonds is 2.